The smallest absolute Gasteiger partial charge is 0.225 e. The van der Waals surface area contributed by atoms with E-state index >= 15 is 0 Å². The minimum atomic E-state index is 0.308. The molecule has 0 radical (unpaired) electrons. The minimum Gasteiger partial charge on any atom is -0.341 e. The molecule has 2 fully saturated rings. The van der Waals surface area contributed by atoms with E-state index in [0.29, 0.717) is 30.3 Å². The zero-order chi connectivity index (χ0) is 10.1. The Labute approximate surface area is 85.6 Å². The molecular formula is C11H20N2O. The normalized spacial score (nSPS) is 24.1. The number of nitrogens with zero attached hydrogens (tertiary/aromatic N) is 1. The van der Waals surface area contributed by atoms with E-state index in [2.05, 4.69) is 0 Å². The molecule has 2 N–H and O–H groups in total. The second-order valence-electron chi connectivity index (χ2n) is 4.72. The maximum absolute atomic E-state index is 11.9. The lowest BCUT2D eigenvalue weighted by molar-refractivity contribution is -0.139. The Morgan fingerprint density at radius 3 is 2.43 bits per heavy atom. The van der Waals surface area contributed by atoms with Crippen LogP contribution < -0.4 is 5.73 Å². The van der Waals surface area contributed by atoms with Gasteiger partial charge < -0.3 is 10.6 Å². The molecule has 0 heterocycles. The standard InChI is InChI=1S/C11H20N2O/c1-13(10(7-12)8-5-6-8)11(14)9-3-2-4-9/h8-10H,2-7,12H2,1H3. The van der Waals surface area contributed by atoms with Crippen molar-refractivity contribution in [2.45, 2.75) is 38.1 Å². The summed E-state index contributed by atoms with van der Waals surface area (Å²) in [5.41, 5.74) is 5.72. The lowest BCUT2D eigenvalue weighted by Crippen LogP contribution is -2.47. The fraction of sp³-hybridized carbons (Fsp3) is 0.909. The van der Waals surface area contributed by atoms with E-state index in [1.54, 1.807) is 0 Å². The number of carbonyl (C=O) groups is 1. The highest BCUT2D eigenvalue weighted by Gasteiger charge is 2.37. The van der Waals surface area contributed by atoms with Crippen molar-refractivity contribution in [3.05, 3.63) is 0 Å². The second kappa shape index (κ2) is 3.89. The summed E-state index contributed by atoms with van der Waals surface area (Å²) in [7, 11) is 1.93. The Morgan fingerprint density at radius 2 is 2.07 bits per heavy atom. The summed E-state index contributed by atoms with van der Waals surface area (Å²) in [4.78, 5) is 13.8. The molecule has 0 aromatic rings. The summed E-state index contributed by atoms with van der Waals surface area (Å²) < 4.78 is 0. The van der Waals surface area contributed by atoms with Crippen LogP contribution in [0.3, 0.4) is 0 Å². The third-order valence-corrected chi connectivity index (χ3v) is 3.71. The van der Waals surface area contributed by atoms with Crippen LogP contribution in [0, 0.1) is 11.8 Å². The number of rotatable bonds is 4. The molecule has 1 atom stereocenters. The van der Waals surface area contributed by atoms with Gasteiger partial charge in [-0.15, -0.1) is 0 Å². The molecule has 2 aliphatic carbocycles. The van der Waals surface area contributed by atoms with Crippen molar-refractivity contribution in [1.82, 2.24) is 4.90 Å². The summed E-state index contributed by atoms with van der Waals surface area (Å²) in [6, 6.07) is 0.308. The summed E-state index contributed by atoms with van der Waals surface area (Å²) in [5, 5.41) is 0. The Morgan fingerprint density at radius 1 is 1.43 bits per heavy atom. The molecule has 14 heavy (non-hydrogen) atoms. The van der Waals surface area contributed by atoms with Gasteiger partial charge in [-0.2, -0.15) is 0 Å². The predicted molar refractivity (Wildman–Crippen MR) is 55.7 cm³/mol. The quantitative estimate of drug-likeness (QED) is 0.728. The van der Waals surface area contributed by atoms with Crippen LogP contribution in [0.2, 0.25) is 0 Å². The van der Waals surface area contributed by atoms with E-state index in [1.807, 2.05) is 11.9 Å². The van der Waals surface area contributed by atoms with Crippen LogP contribution in [-0.2, 0) is 4.79 Å². The number of amides is 1. The van der Waals surface area contributed by atoms with Gasteiger partial charge in [-0.1, -0.05) is 6.42 Å². The lowest BCUT2D eigenvalue weighted by Gasteiger charge is -2.34. The van der Waals surface area contributed by atoms with Gasteiger partial charge >= 0.3 is 0 Å². The maximum atomic E-state index is 11.9. The maximum Gasteiger partial charge on any atom is 0.225 e. The average molecular weight is 196 g/mol. The number of likely N-dealkylation sites (N-methyl/N-ethyl adjacent to an activating group) is 1. The van der Waals surface area contributed by atoms with Gasteiger partial charge in [0, 0.05) is 25.6 Å². The first-order valence-corrected chi connectivity index (χ1v) is 5.70. The number of carbonyl (C=O) groups excluding carboxylic acids is 1. The van der Waals surface area contributed by atoms with E-state index < -0.39 is 0 Å². The molecule has 0 aliphatic heterocycles. The van der Waals surface area contributed by atoms with Gasteiger partial charge in [0.25, 0.3) is 0 Å². The van der Waals surface area contributed by atoms with Gasteiger partial charge in [0.15, 0.2) is 0 Å². The van der Waals surface area contributed by atoms with Crippen LogP contribution in [0.4, 0.5) is 0 Å². The van der Waals surface area contributed by atoms with Crippen molar-refractivity contribution in [1.29, 1.82) is 0 Å². The molecule has 0 aromatic heterocycles. The molecule has 1 unspecified atom stereocenters. The van der Waals surface area contributed by atoms with Crippen molar-refractivity contribution in [2.75, 3.05) is 13.6 Å². The molecule has 0 spiro atoms. The largest absolute Gasteiger partial charge is 0.341 e. The van der Waals surface area contributed by atoms with E-state index in [-0.39, 0.29) is 0 Å². The average Bonchev–Trinajstić information content (AvgIpc) is 2.86. The van der Waals surface area contributed by atoms with Crippen LogP contribution >= 0.6 is 0 Å². The number of hydrogen-bond donors (Lipinski definition) is 1. The summed E-state index contributed by atoms with van der Waals surface area (Å²) in [6.45, 7) is 0.625. The molecule has 80 valence electrons. The van der Waals surface area contributed by atoms with Crippen molar-refractivity contribution in [3.63, 3.8) is 0 Å². The summed E-state index contributed by atoms with van der Waals surface area (Å²) >= 11 is 0. The van der Waals surface area contributed by atoms with E-state index in [1.165, 1.54) is 19.3 Å². The van der Waals surface area contributed by atoms with Gasteiger partial charge in [-0.3, -0.25) is 4.79 Å². The van der Waals surface area contributed by atoms with Gasteiger partial charge in [-0.05, 0) is 31.6 Å². The first-order valence-electron chi connectivity index (χ1n) is 5.70. The molecular weight excluding hydrogens is 176 g/mol. The van der Waals surface area contributed by atoms with Crippen LogP contribution in [0.25, 0.3) is 0 Å². The molecule has 3 nitrogen and oxygen atoms in total. The van der Waals surface area contributed by atoms with Crippen LogP contribution in [0.15, 0.2) is 0 Å². The first kappa shape index (κ1) is 9.97. The molecule has 0 saturated heterocycles. The zero-order valence-corrected chi connectivity index (χ0v) is 8.91. The Hall–Kier alpha value is -0.570. The third kappa shape index (κ3) is 1.78. The fourth-order valence-electron chi connectivity index (χ4n) is 2.25. The summed E-state index contributed by atoms with van der Waals surface area (Å²) in [6.07, 6.45) is 5.91. The predicted octanol–water partition coefficient (Wildman–Crippen LogP) is 0.982. The molecule has 0 aromatic carbocycles. The highest BCUT2D eigenvalue weighted by molar-refractivity contribution is 5.79. The minimum absolute atomic E-state index is 0.308. The van der Waals surface area contributed by atoms with Gasteiger partial charge in [0.2, 0.25) is 5.91 Å². The topological polar surface area (TPSA) is 46.3 Å². The SMILES string of the molecule is CN(C(=O)C1CCC1)C(CN)C1CC1. The lowest BCUT2D eigenvalue weighted by atomic mass is 9.84. The third-order valence-electron chi connectivity index (χ3n) is 3.71. The van der Waals surface area contributed by atoms with Gasteiger partial charge in [0.1, 0.15) is 0 Å². The van der Waals surface area contributed by atoms with Crippen molar-refractivity contribution in [3.8, 4) is 0 Å². The van der Waals surface area contributed by atoms with Gasteiger partial charge in [-0.25, -0.2) is 0 Å². The van der Waals surface area contributed by atoms with E-state index in [0.717, 1.165) is 12.8 Å². The van der Waals surface area contributed by atoms with Crippen LogP contribution in [0.5, 0.6) is 0 Å². The molecule has 0 bridgehead atoms. The monoisotopic (exact) mass is 196 g/mol. The summed E-state index contributed by atoms with van der Waals surface area (Å²) in [5.74, 6) is 1.33. The van der Waals surface area contributed by atoms with Crippen molar-refractivity contribution >= 4 is 5.91 Å². The molecule has 2 saturated carbocycles. The highest BCUT2D eigenvalue weighted by atomic mass is 16.2. The van der Waals surface area contributed by atoms with E-state index in [9.17, 15) is 4.79 Å². The Balaban J connectivity index is 1.90. The molecule has 2 aliphatic rings. The molecule has 3 heteroatoms. The Bertz CT molecular complexity index is 221. The van der Waals surface area contributed by atoms with E-state index in [4.69, 9.17) is 5.73 Å². The van der Waals surface area contributed by atoms with Crippen molar-refractivity contribution in [2.24, 2.45) is 17.6 Å². The number of hydrogen-bond acceptors (Lipinski definition) is 2. The second-order valence-corrected chi connectivity index (χ2v) is 4.72. The van der Waals surface area contributed by atoms with Crippen LogP contribution in [-0.4, -0.2) is 30.4 Å². The molecule has 2 rings (SSSR count). The fourth-order valence-corrected chi connectivity index (χ4v) is 2.25. The zero-order valence-electron chi connectivity index (χ0n) is 8.91. The van der Waals surface area contributed by atoms with Crippen molar-refractivity contribution < 1.29 is 4.79 Å². The Kier molecular flexibility index (Phi) is 2.77. The van der Waals surface area contributed by atoms with Gasteiger partial charge in [0.05, 0.1) is 0 Å². The first-order chi connectivity index (χ1) is 6.74. The molecule has 1 amide bonds. The highest BCUT2D eigenvalue weighted by Crippen LogP contribution is 2.36. The number of nitrogens with two attached hydrogens (primary N) is 1. The van der Waals surface area contributed by atoms with Crippen LogP contribution in [0.1, 0.15) is 32.1 Å².